The fraction of sp³-hybridized carbons (Fsp3) is 0.524. The maximum atomic E-state index is 5.57. The lowest BCUT2D eigenvalue weighted by molar-refractivity contribution is 0.377. The van der Waals surface area contributed by atoms with Gasteiger partial charge in [-0.1, -0.05) is 55.8 Å². The van der Waals surface area contributed by atoms with Gasteiger partial charge in [-0.05, 0) is 74.1 Å². The molecule has 22 heavy (non-hydrogen) atoms. The van der Waals surface area contributed by atoms with Gasteiger partial charge in [-0.15, -0.1) is 0 Å². The van der Waals surface area contributed by atoms with E-state index < -0.39 is 0 Å². The van der Waals surface area contributed by atoms with Crippen LogP contribution in [0.4, 0.5) is 0 Å². The lowest BCUT2D eigenvalue weighted by Gasteiger charge is -2.32. The van der Waals surface area contributed by atoms with Crippen LogP contribution in [-0.2, 0) is 6.42 Å². The number of allylic oxidation sites excluding steroid dienone is 3. The summed E-state index contributed by atoms with van der Waals surface area (Å²) in [6.07, 6.45) is 11.9. The first-order chi connectivity index (χ1) is 10.5. The maximum absolute atomic E-state index is 5.57. The first-order valence-corrected chi connectivity index (χ1v) is 8.70. The van der Waals surface area contributed by atoms with Crippen LogP contribution in [0.5, 0.6) is 0 Å². The van der Waals surface area contributed by atoms with Crippen LogP contribution < -0.4 is 5.73 Å². The molecule has 0 bridgehead atoms. The highest BCUT2D eigenvalue weighted by Gasteiger charge is 2.26. The van der Waals surface area contributed by atoms with Gasteiger partial charge < -0.3 is 5.73 Å². The standard InChI is InChI=1S/C21H31N/c1-17-8-7-14-21(2,3)20(17)13-12-19-11-6-10-18(16-19)9-4-5-15-22/h6,10-13,16H,4-5,7-9,14-15,22H2,1-3H3. The van der Waals surface area contributed by atoms with Gasteiger partial charge in [-0.2, -0.15) is 0 Å². The van der Waals surface area contributed by atoms with E-state index in [9.17, 15) is 0 Å². The molecule has 0 fully saturated rings. The third kappa shape index (κ3) is 4.58. The normalized spacial score (nSPS) is 18.2. The minimum Gasteiger partial charge on any atom is -0.330 e. The highest BCUT2D eigenvalue weighted by Crippen LogP contribution is 2.40. The first kappa shape index (κ1) is 17.0. The third-order valence-corrected chi connectivity index (χ3v) is 4.86. The smallest absolute Gasteiger partial charge is 0.00772 e. The topological polar surface area (TPSA) is 26.0 Å². The molecule has 0 aromatic heterocycles. The van der Waals surface area contributed by atoms with Crippen molar-refractivity contribution in [2.45, 2.75) is 59.3 Å². The molecule has 0 amide bonds. The lowest BCUT2D eigenvalue weighted by Crippen LogP contribution is -2.18. The molecule has 1 aromatic carbocycles. The van der Waals surface area contributed by atoms with Crippen molar-refractivity contribution in [3.05, 3.63) is 52.6 Å². The maximum Gasteiger partial charge on any atom is -0.00772 e. The van der Waals surface area contributed by atoms with Crippen molar-refractivity contribution in [2.75, 3.05) is 6.54 Å². The molecule has 0 saturated carbocycles. The Morgan fingerprint density at radius 1 is 1.18 bits per heavy atom. The largest absolute Gasteiger partial charge is 0.330 e. The van der Waals surface area contributed by atoms with Crippen molar-refractivity contribution < 1.29 is 0 Å². The van der Waals surface area contributed by atoms with E-state index in [-0.39, 0.29) is 0 Å². The van der Waals surface area contributed by atoms with E-state index in [1.54, 1.807) is 5.57 Å². The van der Waals surface area contributed by atoms with E-state index in [4.69, 9.17) is 5.73 Å². The molecule has 0 atom stereocenters. The van der Waals surface area contributed by atoms with Gasteiger partial charge >= 0.3 is 0 Å². The second-order valence-electron chi connectivity index (χ2n) is 7.26. The molecule has 2 rings (SSSR count). The fourth-order valence-electron chi connectivity index (χ4n) is 3.52. The van der Waals surface area contributed by atoms with E-state index >= 15 is 0 Å². The molecule has 0 heterocycles. The van der Waals surface area contributed by atoms with Crippen molar-refractivity contribution in [3.8, 4) is 0 Å². The Morgan fingerprint density at radius 2 is 2.00 bits per heavy atom. The molecular formula is C21H31N. The summed E-state index contributed by atoms with van der Waals surface area (Å²) in [6, 6.07) is 8.92. The second kappa shape index (κ2) is 7.78. The number of hydrogen-bond donors (Lipinski definition) is 1. The summed E-state index contributed by atoms with van der Waals surface area (Å²) in [4.78, 5) is 0. The van der Waals surface area contributed by atoms with Crippen LogP contribution in [0.25, 0.3) is 6.08 Å². The minimum atomic E-state index is 0.317. The number of benzene rings is 1. The predicted molar refractivity (Wildman–Crippen MR) is 97.8 cm³/mol. The molecule has 1 aliphatic rings. The van der Waals surface area contributed by atoms with Crippen LogP contribution in [0.1, 0.15) is 64.0 Å². The van der Waals surface area contributed by atoms with Gasteiger partial charge in [0.2, 0.25) is 0 Å². The van der Waals surface area contributed by atoms with Gasteiger partial charge in [0, 0.05) is 0 Å². The zero-order valence-corrected chi connectivity index (χ0v) is 14.5. The number of rotatable bonds is 6. The molecule has 0 unspecified atom stereocenters. The fourth-order valence-corrected chi connectivity index (χ4v) is 3.52. The third-order valence-electron chi connectivity index (χ3n) is 4.86. The molecule has 120 valence electrons. The first-order valence-electron chi connectivity index (χ1n) is 8.70. The van der Waals surface area contributed by atoms with Gasteiger partial charge in [0.25, 0.3) is 0 Å². The lowest BCUT2D eigenvalue weighted by atomic mass is 9.72. The Hall–Kier alpha value is -1.34. The van der Waals surface area contributed by atoms with Crippen LogP contribution in [0.15, 0.2) is 41.5 Å². The summed E-state index contributed by atoms with van der Waals surface area (Å²) in [6.45, 7) is 7.84. The monoisotopic (exact) mass is 297 g/mol. The van der Waals surface area contributed by atoms with E-state index in [0.717, 1.165) is 19.4 Å². The Bertz CT molecular complexity index is 549. The number of nitrogens with two attached hydrogens (primary N) is 1. The summed E-state index contributed by atoms with van der Waals surface area (Å²) in [5.41, 5.74) is 11.7. The summed E-state index contributed by atoms with van der Waals surface area (Å²) < 4.78 is 0. The highest BCUT2D eigenvalue weighted by atomic mass is 14.5. The molecule has 0 saturated heterocycles. The van der Waals surface area contributed by atoms with Gasteiger partial charge in [0.1, 0.15) is 0 Å². The average molecular weight is 297 g/mol. The van der Waals surface area contributed by atoms with Crippen molar-refractivity contribution in [1.29, 1.82) is 0 Å². The van der Waals surface area contributed by atoms with Crippen molar-refractivity contribution in [1.82, 2.24) is 0 Å². The van der Waals surface area contributed by atoms with Crippen molar-refractivity contribution in [3.63, 3.8) is 0 Å². The Labute approximate surface area is 136 Å². The van der Waals surface area contributed by atoms with Crippen LogP contribution in [0.2, 0.25) is 0 Å². The van der Waals surface area contributed by atoms with E-state index in [0.29, 0.717) is 5.41 Å². The molecule has 1 nitrogen and oxygen atoms in total. The van der Waals surface area contributed by atoms with Crippen LogP contribution in [-0.4, -0.2) is 6.54 Å². The SMILES string of the molecule is CC1=C(C=Cc2cccc(CCCCN)c2)C(C)(C)CCC1. The number of aryl methyl sites for hydroxylation is 1. The Morgan fingerprint density at radius 3 is 2.73 bits per heavy atom. The Kier molecular flexibility index (Phi) is 6.02. The van der Waals surface area contributed by atoms with E-state index in [1.807, 2.05) is 0 Å². The van der Waals surface area contributed by atoms with E-state index in [2.05, 4.69) is 57.2 Å². The average Bonchev–Trinajstić information content (AvgIpc) is 2.47. The van der Waals surface area contributed by atoms with Gasteiger partial charge in [0.05, 0.1) is 0 Å². The zero-order valence-electron chi connectivity index (χ0n) is 14.5. The molecule has 0 aliphatic heterocycles. The second-order valence-corrected chi connectivity index (χ2v) is 7.26. The van der Waals surface area contributed by atoms with Crippen molar-refractivity contribution >= 4 is 6.08 Å². The summed E-state index contributed by atoms with van der Waals surface area (Å²) in [5.74, 6) is 0. The molecule has 2 N–H and O–H groups in total. The van der Waals surface area contributed by atoms with Crippen LogP contribution >= 0.6 is 0 Å². The summed E-state index contributed by atoms with van der Waals surface area (Å²) >= 11 is 0. The van der Waals surface area contributed by atoms with E-state index in [1.165, 1.54) is 42.4 Å². The van der Waals surface area contributed by atoms with Gasteiger partial charge in [-0.25, -0.2) is 0 Å². The molecule has 1 aromatic rings. The molecule has 1 heteroatoms. The molecule has 0 radical (unpaired) electrons. The predicted octanol–water partition coefficient (Wildman–Crippen LogP) is 5.51. The molecule has 1 aliphatic carbocycles. The zero-order chi connectivity index (χ0) is 16.0. The van der Waals surface area contributed by atoms with Crippen molar-refractivity contribution in [2.24, 2.45) is 11.1 Å². The quantitative estimate of drug-likeness (QED) is 0.689. The summed E-state index contributed by atoms with van der Waals surface area (Å²) in [5, 5.41) is 0. The Balaban J connectivity index is 2.11. The number of hydrogen-bond acceptors (Lipinski definition) is 1. The minimum absolute atomic E-state index is 0.317. The molecular weight excluding hydrogens is 266 g/mol. The van der Waals surface area contributed by atoms with Gasteiger partial charge in [-0.3, -0.25) is 0 Å². The number of unbranched alkanes of at least 4 members (excludes halogenated alkanes) is 1. The molecule has 0 spiro atoms. The highest BCUT2D eigenvalue weighted by molar-refractivity contribution is 5.55. The van der Waals surface area contributed by atoms with Crippen LogP contribution in [0.3, 0.4) is 0 Å². The van der Waals surface area contributed by atoms with Gasteiger partial charge in [0.15, 0.2) is 0 Å². The summed E-state index contributed by atoms with van der Waals surface area (Å²) in [7, 11) is 0. The van der Waals surface area contributed by atoms with Crippen LogP contribution in [0, 0.1) is 5.41 Å².